The summed E-state index contributed by atoms with van der Waals surface area (Å²) in [5.74, 6) is -1.32. The minimum absolute atomic E-state index is 0.147. The van der Waals surface area contributed by atoms with E-state index in [0.717, 1.165) is 44.9 Å². The Balaban J connectivity index is 1.51. The van der Waals surface area contributed by atoms with Crippen LogP contribution < -0.4 is 9.64 Å². The molecule has 1 fully saturated rings. The average molecular weight is 528 g/mol. The number of rotatable bonds is 7. The number of carbonyl (C=O) groups is 1. The van der Waals surface area contributed by atoms with Crippen LogP contribution in [-0.2, 0) is 11.8 Å². The van der Waals surface area contributed by atoms with E-state index in [2.05, 4.69) is 24.0 Å². The maximum Gasteiger partial charge on any atom is 0.338 e. The molecule has 1 spiro atoms. The van der Waals surface area contributed by atoms with E-state index in [4.69, 9.17) is 16.3 Å². The summed E-state index contributed by atoms with van der Waals surface area (Å²) >= 11 is 6.32. The third kappa shape index (κ3) is 5.10. The molecule has 0 radical (unpaired) electrons. The molecule has 2 N–H and O–H groups in total. The van der Waals surface area contributed by atoms with Gasteiger partial charge in [0.05, 0.1) is 24.0 Å². The summed E-state index contributed by atoms with van der Waals surface area (Å²) in [4.78, 5) is 14.0. The number of hydrogen-bond acceptors (Lipinski definition) is 4. The second kappa shape index (κ2) is 10.7. The second-order valence-corrected chi connectivity index (χ2v) is 11.4. The highest BCUT2D eigenvalue weighted by atomic mass is 35.5. The maximum atomic E-state index is 14.7. The first-order valence-electron chi connectivity index (χ1n) is 13.4. The first-order valence-corrected chi connectivity index (χ1v) is 13.8. The van der Waals surface area contributed by atoms with Crippen molar-refractivity contribution in [2.45, 2.75) is 63.4 Å². The number of hydrogen-bond donors (Lipinski definition) is 2. The van der Waals surface area contributed by atoms with Gasteiger partial charge in [-0.1, -0.05) is 43.2 Å². The highest BCUT2D eigenvalue weighted by Crippen LogP contribution is 2.47. The quantitative estimate of drug-likeness (QED) is 0.408. The molecule has 0 saturated heterocycles. The van der Waals surface area contributed by atoms with E-state index in [1.54, 1.807) is 0 Å². The second-order valence-electron chi connectivity index (χ2n) is 10.9. The van der Waals surface area contributed by atoms with Gasteiger partial charge in [0.25, 0.3) is 0 Å². The molecule has 37 heavy (non-hydrogen) atoms. The van der Waals surface area contributed by atoms with Gasteiger partial charge in [-0.25, -0.2) is 9.18 Å². The predicted molar refractivity (Wildman–Crippen MR) is 143 cm³/mol. The predicted octanol–water partition coefficient (Wildman–Crippen LogP) is 6.39. The maximum absolute atomic E-state index is 14.7. The van der Waals surface area contributed by atoms with Crippen molar-refractivity contribution in [2.75, 3.05) is 24.6 Å². The Kier molecular flexibility index (Phi) is 7.51. The van der Waals surface area contributed by atoms with Gasteiger partial charge in [0.15, 0.2) is 0 Å². The van der Waals surface area contributed by atoms with Gasteiger partial charge in [0, 0.05) is 29.6 Å². The fourth-order valence-electron chi connectivity index (χ4n) is 6.40. The van der Waals surface area contributed by atoms with Crippen molar-refractivity contribution in [1.29, 1.82) is 0 Å². The molecule has 5 rings (SSSR count). The van der Waals surface area contributed by atoms with Gasteiger partial charge in [0.2, 0.25) is 0 Å². The molecule has 0 aromatic heterocycles. The first-order chi connectivity index (χ1) is 17.8. The normalized spacial score (nSPS) is 25.7. The zero-order chi connectivity index (χ0) is 26.2. The van der Waals surface area contributed by atoms with Gasteiger partial charge in [0.1, 0.15) is 11.6 Å². The summed E-state index contributed by atoms with van der Waals surface area (Å²) in [6.45, 7) is 3.77. The van der Waals surface area contributed by atoms with Gasteiger partial charge in [-0.2, -0.15) is 0 Å². The lowest BCUT2D eigenvalue weighted by Gasteiger charge is -2.45. The van der Waals surface area contributed by atoms with Crippen LogP contribution in [0.1, 0.15) is 66.9 Å². The molecule has 7 heteroatoms. The molecule has 1 unspecified atom stereocenters. The Bertz CT molecular complexity index is 1200. The van der Waals surface area contributed by atoms with Crippen LogP contribution in [0.5, 0.6) is 5.75 Å². The summed E-state index contributed by atoms with van der Waals surface area (Å²) in [5.41, 5.74) is 2.34. The standard InChI is InChI=1S/C30H35ClFNO4/c1-2-3-4-7-27(34)22-10-8-20(22)16-33-17-30(12-5-6-19-13-21(31)9-11-24(19)30)18-37-28-15-25(32)23(29(35)36)14-26(28)33/h4,7,9,11,13-15,20,22,27,34H,2-3,5-6,8,10,12,16-18H2,1H3,(H,35,36)/b7-4+/t20-,22+,27-,30?/m0/s1. The van der Waals surface area contributed by atoms with Gasteiger partial charge in [-0.15, -0.1) is 0 Å². The van der Waals surface area contributed by atoms with Crippen molar-refractivity contribution >= 4 is 23.3 Å². The largest absolute Gasteiger partial charge is 0.490 e. The molecule has 198 valence electrons. The molecular formula is C30H35ClFNO4. The van der Waals surface area contributed by atoms with Gasteiger partial charge in [-0.05, 0) is 79.7 Å². The van der Waals surface area contributed by atoms with Crippen molar-refractivity contribution in [1.82, 2.24) is 0 Å². The van der Waals surface area contributed by atoms with E-state index < -0.39 is 17.9 Å². The summed E-state index contributed by atoms with van der Waals surface area (Å²) < 4.78 is 21.0. The fourth-order valence-corrected chi connectivity index (χ4v) is 6.59. The Morgan fingerprint density at radius 1 is 1.32 bits per heavy atom. The third-order valence-corrected chi connectivity index (χ3v) is 8.75. The minimum Gasteiger partial charge on any atom is -0.490 e. The molecule has 5 nitrogen and oxygen atoms in total. The van der Waals surface area contributed by atoms with Crippen molar-refractivity contribution in [3.8, 4) is 5.75 Å². The zero-order valence-corrected chi connectivity index (χ0v) is 22.0. The molecule has 1 heterocycles. The van der Waals surface area contributed by atoms with Crippen LogP contribution in [0.15, 0.2) is 42.5 Å². The van der Waals surface area contributed by atoms with Crippen LogP contribution in [-0.4, -0.2) is 42.0 Å². The lowest BCUT2D eigenvalue weighted by Crippen LogP contribution is -2.49. The number of anilines is 1. The highest BCUT2D eigenvalue weighted by molar-refractivity contribution is 6.30. The zero-order valence-electron chi connectivity index (χ0n) is 21.3. The van der Waals surface area contributed by atoms with E-state index in [1.807, 2.05) is 18.2 Å². The minimum atomic E-state index is -1.30. The van der Waals surface area contributed by atoms with E-state index in [1.165, 1.54) is 23.3 Å². The number of unbranched alkanes of at least 4 members (excludes halogenated alkanes) is 1. The van der Waals surface area contributed by atoms with Crippen molar-refractivity contribution in [3.63, 3.8) is 0 Å². The van der Waals surface area contributed by atoms with Gasteiger partial charge >= 0.3 is 5.97 Å². The smallest absolute Gasteiger partial charge is 0.338 e. The van der Waals surface area contributed by atoms with Crippen LogP contribution in [0.2, 0.25) is 5.02 Å². The van der Waals surface area contributed by atoms with Crippen molar-refractivity contribution in [2.24, 2.45) is 11.8 Å². The van der Waals surface area contributed by atoms with Crippen LogP contribution in [0.25, 0.3) is 0 Å². The number of aryl methyl sites for hydroxylation is 1. The van der Waals surface area contributed by atoms with Crippen molar-refractivity contribution in [3.05, 3.63) is 70.0 Å². The molecule has 2 aromatic rings. The number of benzene rings is 2. The number of aromatic carboxylic acids is 1. The molecule has 2 aromatic carbocycles. The molecule has 1 saturated carbocycles. The topological polar surface area (TPSA) is 70.0 Å². The first kappa shape index (κ1) is 26.1. The number of aliphatic hydroxyl groups is 1. The monoisotopic (exact) mass is 527 g/mol. The van der Waals surface area contributed by atoms with Crippen LogP contribution in [0, 0.1) is 17.7 Å². The van der Waals surface area contributed by atoms with E-state index >= 15 is 0 Å². The Labute approximate surface area is 222 Å². The molecular weight excluding hydrogens is 493 g/mol. The van der Waals surface area contributed by atoms with Gasteiger partial charge in [-0.3, -0.25) is 0 Å². The number of halogens is 2. The third-order valence-electron chi connectivity index (χ3n) is 8.52. The van der Waals surface area contributed by atoms with Crippen LogP contribution in [0.3, 0.4) is 0 Å². The SMILES string of the molecule is CCC/C=C/[C@H](O)[C@@H]1CC[C@H]1CN1CC2(CCCc3cc(Cl)ccc32)COc2cc(F)c(C(=O)O)cc21. The molecule has 3 aliphatic rings. The van der Waals surface area contributed by atoms with E-state index in [9.17, 15) is 19.4 Å². The molecule has 1 aliphatic heterocycles. The highest BCUT2D eigenvalue weighted by Gasteiger charge is 2.44. The van der Waals surface area contributed by atoms with Crippen LogP contribution >= 0.6 is 11.6 Å². The van der Waals surface area contributed by atoms with Crippen molar-refractivity contribution < 1.29 is 24.1 Å². The number of carboxylic acid groups (broad SMARTS) is 1. The Morgan fingerprint density at radius 3 is 2.89 bits per heavy atom. The summed E-state index contributed by atoms with van der Waals surface area (Å²) in [7, 11) is 0. The summed E-state index contributed by atoms with van der Waals surface area (Å²) in [6.07, 6.45) is 10.2. The number of ether oxygens (including phenoxy) is 1. The fraction of sp³-hybridized carbons (Fsp3) is 0.500. The number of fused-ring (bicyclic) bond motifs is 3. The number of aliphatic hydroxyl groups excluding tert-OH is 1. The molecule has 0 bridgehead atoms. The van der Waals surface area contributed by atoms with Gasteiger partial charge < -0.3 is 19.8 Å². The molecule has 4 atom stereocenters. The van der Waals surface area contributed by atoms with Crippen LogP contribution in [0.4, 0.5) is 10.1 Å². The lowest BCUT2D eigenvalue weighted by molar-refractivity contribution is 0.0456. The molecule has 0 amide bonds. The van der Waals surface area contributed by atoms with E-state index in [-0.39, 0.29) is 22.8 Å². The Hall–Kier alpha value is -2.57. The lowest BCUT2D eigenvalue weighted by atomic mass is 9.68. The van der Waals surface area contributed by atoms with E-state index in [0.29, 0.717) is 36.2 Å². The number of nitrogens with zero attached hydrogens (tertiary/aromatic N) is 1. The summed E-state index contributed by atoms with van der Waals surface area (Å²) in [5, 5.41) is 21.2. The number of carboxylic acids is 1. The molecule has 2 aliphatic carbocycles. The average Bonchev–Trinajstić information content (AvgIpc) is 2.98. The Morgan fingerprint density at radius 2 is 2.16 bits per heavy atom. The summed E-state index contributed by atoms with van der Waals surface area (Å²) in [6, 6.07) is 8.67. The number of allylic oxidation sites excluding steroid dienone is 1.